The molecule has 0 unspecified atom stereocenters. The standard InChI is InChI=1S/C20H22ClN3O3/c1-27-20(26)13-7-8-16(21)17(11-13)24-19(25)18-12-15(9-10-22-18)23-14-5-3-2-4-6-14/h7-12,14H,2-6H2,1H3,(H,22,23)(H,24,25). The van der Waals surface area contributed by atoms with E-state index in [1.54, 1.807) is 12.3 Å². The quantitative estimate of drug-likeness (QED) is 0.737. The van der Waals surface area contributed by atoms with Crippen LogP contribution in [0.5, 0.6) is 0 Å². The maximum atomic E-state index is 12.6. The summed E-state index contributed by atoms with van der Waals surface area (Å²) >= 11 is 6.14. The van der Waals surface area contributed by atoms with Crippen molar-refractivity contribution in [3.63, 3.8) is 0 Å². The van der Waals surface area contributed by atoms with E-state index in [1.165, 1.54) is 44.6 Å². The molecule has 2 N–H and O–H groups in total. The number of rotatable bonds is 5. The van der Waals surface area contributed by atoms with E-state index in [0.717, 1.165) is 18.5 Å². The van der Waals surface area contributed by atoms with Crippen LogP contribution in [0.2, 0.25) is 5.02 Å². The minimum Gasteiger partial charge on any atom is -0.465 e. The van der Waals surface area contributed by atoms with E-state index < -0.39 is 11.9 Å². The van der Waals surface area contributed by atoms with E-state index in [4.69, 9.17) is 16.3 Å². The van der Waals surface area contributed by atoms with Crippen molar-refractivity contribution >= 4 is 34.9 Å². The summed E-state index contributed by atoms with van der Waals surface area (Å²) in [5.41, 5.74) is 1.78. The number of benzene rings is 1. The summed E-state index contributed by atoms with van der Waals surface area (Å²) in [6.07, 6.45) is 7.62. The van der Waals surface area contributed by atoms with Crippen LogP contribution >= 0.6 is 11.6 Å². The Hall–Kier alpha value is -2.60. The van der Waals surface area contributed by atoms with E-state index >= 15 is 0 Å². The molecule has 0 atom stereocenters. The van der Waals surface area contributed by atoms with Crippen LogP contribution in [-0.4, -0.2) is 30.0 Å². The highest BCUT2D eigenvalue weighted by molar-refractivity contribution is 6.34. The van der Waals surface area contributed by atoms with E-state index in [0.29, 0.717) is 22.3 Å². The summed E-state index contributed by atoms with van der Waals surface area (Å²) < 4.78 is 4.69. The lowest BCUT2D eigenvalue weighted by atomic mass is 9.95. The first-order valence-electron chi connectivity index (χ1n) is 8.98. The molecule has 1 saturated carbocycles. The van der Waals surface area contributed by atoms with Gasteiger partial charge in [-0.3, -0.25) is 9.78 Å². The summed E-state index contributed by atoms with van der Waals surface area (Å²) in [5.74, 6) is -0.898. The molecule has 0 spiro atoms. The van der Waals surface area contributed by atoms with E-state index in [-0.39, 0.29) is 5.69 Å². The predicted molar refractivity (Wildman–Crippen MR) is 105 cm³/mol. The third-order valence-corrected chi connectivity index (χ3v) is 4.93. The number of carbonyl (C=O) groups excluding carboxylic acids is 2. The van der Waals surface area contributed by atoms with Crippen LogP contribution in [0.4, 0.5) is 11.4 Å². The van der Waals surface area contributed by atoms with Crippen LogP contribution in [0.3, 0.4) is 0 Å². The molecule has 6 nitrogen and oxygen atoms in total. The highest BCUT2D eigenvalue weighted by atomic mass is 35.5. The lowest BCUT2D eigenvalue weighted by molar-refractivity contribution is 0.0600. The first-order valence-corrected chi connectivity index (χ1v) is 9.36. The molecule has 7 heteroatoms. The minimum absolute atomic E-state index is 0.273. The van der Waals surface area contributed by atoms with Crippen molar-refractivity contribution in [2.75, 3.05) is 17.7 Å². The Balaban J connectivity index is 1.72. The predicted octanol–water partition coefficient (Wildman–Crippen LogP) is 4.52. The van der Waals surface area contributed by atoms with E-state index in [9.17, 15) is 9.59 Å². The molecular weight excluding hydrogens is 366 g/mol. The van der Waals surface area contributed by atoms with Gasteiger partial charge in [-0.1, -0.05) is 30.9 Å². The molecule has 1 heterocycles. The Bertz CT molecular complexity index is 835. The average Bonchev–Trinajstić information content (AvgIpc) is 2.70. The van der Waals surface area contributed by atoms with Gasteiger partial charge >= 0.3 is 5.97 Å². The summed E-state index contributed by atoms with van der Waals surface area (Å²) in [4.78, 5) is 28.4. The van der Waals surface area contributed by atoms with Crippen LogP contribution in [0.15, 0.2) is 36.5 Å². The van der Waals surface area contributed by atoms with E-state index in [1.807, 2.05) is 6.07 Å². The second-order valence-electron chi connectivity index (χ2n) is 6.55. The Morgan fingerprint density at radius 2 is 1.93 bits per heavy atom. The van der Waals surface area contributed by atoms with Gasteiger partial charge in [-0.2, -0.15) is 0 Å². The zero-order chi connectivity index (χ0) is 19.2. The molecule has 1 amide bonds. The van der Waals surface area contributed by atoms with E-state index in [2.05, 4.69) is 15.6 Å². The van der Waals surface area contributed by atoms with Gasteiger partial charge in [0.25, 0.3) is 5.91 Å². The molecular formula is C20H22ClN3O3. The van der Waals surface area contributed by atoms with Gasteiger partial charge < -0.3 is 15.4 Å². The molecule has 1 fully saturated rings. The molecule has 1 aliphatic carbocycles. The van der Waals surface area contributed by atoms with Crippen LogP contribution < -0.4 is 10.6 Å². The van der Waals surface area contributed by atoms with Gasteiger partial charge in [-0.25, -0.2) is 4.79 Å². The van der Waals surface area contributed by atoms with Gasteiger partial charge in [-0.05, 0) is 43.2 Å². The van der Waals surface area contributed by atoms with Crippen molar-refractivity contribution in [3.05, 3.63) is 52.8 Å². The monoisotopic (exact) mass is 387 g/mol. The fraction of sp³-hybridized carbons (Fsp3) is 0.350. The number of hydrogen-bond acceptors (Lipinski definition) is 5. The fourth-order valence-electron chi connectivity index (χ4n) is 3.18. The first-order chi connectivity index (χ1) is 13.1. The molecule has 142 valence electrons. The van der Waals surface area contributed by atoms with Crippen molar-refractivity contribution in [1.29, 1.82) is 0 Å². The molecule has 1 aromatic carbocycles. The maximum Gasteiger partial charge on any atom is 0.337 e. The number of nitrogens with zero attached hydrogens (tertiary/aromatic N) is 1. The molecule has 1 aliphatic rings. The van der Waals surface area contributed by atoms with Crippen LogP contribution in [0, 0.1) is 0 Å². The highest BCUT2D eigenvalue weighted by Gasteiger charge is 2.16. The fourth-order valence-corrected chi connectivity index (χ4v) is 3.34. The molecule has 2 aromatic rings. The molecule has 1 aromatic heterocycles. The zero-order valence-corrected chi connectivity index (χ0v) is 15.9. The smallest absolute Gasteiger partial charge is 0.337 e. The Morgan fingerprint density at radius 1 is 1.15 bits per heavy atom. The number of aromatic nitrogens is 1. The van der Waals surface area contributed by atoms with Gasteiger partial charge in [0.15, 0.2) is 0 Å². The van der Waals surface area contributed by atoms with Crippen molar-refractivity contribution in [2.24, 2.45) is 0 Å². The Morgan fingerprint density at radius 3 is 2.67 bits per heavy atom. The van der Waals surface area contributed by atoms with Crippen molar-refractivity contribution in [3.8, 4) is 0 Å². The second-order valence-corrected chi connectivity index (χ2v) is 6.96. The number of anilines is 2. The van der Waals surface area contributed by atoms with Crippen LogP contribution in [0.1, 0.15) is 53.0 Å². The summed E-state index contributed by atoms with van der Waals surface area (Å²) in [6, 6.07) is 8.58. The first kappa shape index (κ1) is 19.2. The zero-order valence-electron chi connectivity index (χ0n) is 15.1. The molecule has 3 rings (SSSR count). The minimum atomic E-state index is -0.501. The number of carbonyl (C=O) groups is 2. The van der Waals surface area contributed by atoms with Gasteiger partial charge in [-0.15, -0.1) is 0 Å². The van der Waals surface area contributed by atoms with Crippen molar-refractivity contribution < 1.29 is 14.3 Å². The number of amides is 1. The molecule has 0 radical (unpaired) electrons. The van der Waals surface area contributed by atoms with Crippen LogP contribution in [0.25, 0.3) is 0 Å². The molecule has 0 aliphatic heterocycles. The number of methoxy groups -OCH3 is 1. The van der Waals surface area contributed by atoms with Crippen molar-refractivity contribution in [1.82, 2.24) is 4.98 Å². The summed E-state index contributed by atoms with van der Waals surface area (Å²) in [6.45, 7) is 0. The number of pyridine rings is 1. The third-order valence-electron chi connectivity index (χ3n) is 4.60. The summed E-state index contributed by atoms with van der Waals surface area (Å²) in [5, 5.41) is 6.51. The second kappa shape index (κ2) is 8.86. The largest absolute Gasteiger partial charge is 0.465 e. The lowest BCUT2D eigenvalue weighted by Gasteiger charge is -2.23. The topological polar surface area (TPSA) is 80.3 Å². The number of halogens is 1. The molecule has 0 saturated heterocycles. The highest BCUT2D eigenvalue weighted by Crippen LogP contribution is 2.25. The third kappa shape index (κ3) is 4.98. The van der Waals surface area contributed by atoms with Crippen LogP contribution in [-0.2, 0) is 4.74 Å². The Kier molecular flexibility index (Phi) is 6.29. The normalized spacial score (nSPS) is 14.4. The number of hydrogen-bond donors (Lipinski definition) is 2. The maximum absolute atomic E-state index is 12.6. The number of esters is 1. The van der Waals surface area contributed by atoms with Gasteiger partial charge in [0.1, 0.15) is 5.69 Å². The average molecular weight is 388 g/mol. The Labute approximate surface area is 163 Å². The molecule has 27 heavy (non-hydrogen) atoms. The van der Waals surface area contributed by atoms with Gasteiger partial charge in [0.05, 0.1) is 23.4 Å². The number of ether oxygens (including phenoxy) is 1. The van der Waals surface area contributed by atoms with Gasteiger partial charge in [0.2, 0.25) is 0 Å². The molecule has 0 bridgehead atoms. The SMILES string of the molecule is COC(=O)c1ccc(Cl)c(NC(=O)c2cc(NC3CCCCC3)ccn2)c1. The summed E-state index contributed by atoms with van der Waals surface area (Å²) in [7, 11) is 1.30. The van der Waals surface area contributed by atoms with Gasteiger partial charge in [0, 0.05) is 17.9 Å². The number of nitrogens with one attached hydrogen (secondary N) is 2. The lowest BCUT2D eigenvalue weighted by Crippen LogP contribution is -2.22. The van der Waals surface area contributed by atoms with Crippen molar-refractivity contribution in [2.45, 2.75) is 38.1 Å².